The average Bonchev–Trinajstić information content (AvgIpc) is 3.05. The van der Waals surface area contributed by atoms with Gasteiger partial charge in [-0.25, -0.2) is 4.79 Å². The Labute approximate surface area is 170 Å². The van der Waals surface area contributed by atoms with E-state index in [1.54, 1.807) is 39.8 Å². The molecule has 0 radical (unpaired) electrons. The van der Waals surface area contributed by atoms with Gasteiger partial charge in [0.2, 0.25) is 0 Å². The topological polar surface area (TPSA) is 94.8 Å². The van der Waals surface area contributed by atoms with Crippen molar-refractivity contribution < 1.29 is 28.3 Å². The summed E-state index contributed by atoms with van der Waals surface area (Å²) in [5.74, 6) is -2.18. The molecule has 0 aromatic carbocycles. The van der Waals surface area contributed by atoms with Gasteiger partial charge in [-0.1, -0.05) is 6.92 Å². The van der Waals surface area contributed by atoms with E-state index in [4.69, 9.17) is 13.9 Å². The van der Waals surface area contributed by atoms with Crippen molar-refractivity contribution in [2.45, 2.75) is 53.1 Å². The molecule has 1 aromatic rings. The fourth-order valence-corrected chi connectivity index (χ4v) is 4.12. The molecule has 0 amide bonds. The maximum Gasteiger partial charge on any atom is 0.337 e. The van der Waals surface area contributed by atoms with Crippen molar-refractivity contribution in [1.82, 2.24) is 5.32 Å². The van der Waals surface area contributed by atoms with Gasteiger partial charge in [-0.3, -0.25) is 9.59 Å². The molecule has 0 unspecified atom stereocenters. The van der Waals surface area contributed by atoms with Gasteiger partial charge in [0.15, 0.2) is 5.78 Å². The quantitative estimate of drug-likeness (QED) is 0.612. The zero-order valence-electron chi connectivity index (χ0n) is 17.6. The molecule has 1 N–H and O–H groups in total. The molecule has 0 fully saturated rings. The van der Waals surface area contributed by atoms with Gasteiger partial charge >= 0.3 is 11.9 Å². The third-order valence-corrected chi connectivity index (χ3v) is 5.35. The van der Waals surface area contributed by atoms with Crippen molar-refractivity contribution in [2.75, 3.05) is 7.11 Å². The van der Waals surface area contributed by atoms with Crippen LogP contribution >= 0.6 is 0 Å². The number of nitrogens with one attached hydrogen (secondary N) is 1. The molecular formula is C22H27NO6. The minimum atomic E-state index is -0.917. The molecule has 1 aliphatic heterocycles. The largest absolute Gasteiger partial charge is 0.468 e. The van der Waals surface area contributed by atoms with Gasteiger partial charge in [0.25, 0.3) is 0 Å². The highest BCUT2D eigenvalue weighted by Gasteiger charge is 2.48. The number of hydrogen-bond donors (Lipinski definition) is 1. The molecule has 0 spiro atoms. The van der Waals surface area contributed by atoms with Crippen LogP contribution in [0.4, 0.5) is 0 Å². The number of allylic oxidation sites excluding steroid dienone is 3. The number of ketones is 1. The highest BCUT2D eigenvalue weighted by molar-refractivity contribution is 6.12. The Morgan fingerprint density at radius 1 is 1.24 bits per heavy atom. The van der Waals surface area contributed by atoms with Gasteiger partial charge in [0.1, 0.15) is 17.4 Å². The molecule has 0 bridgehead atoms. The molecule has 3 atom stereocenters. The molecule has 7 heteroatoms. The Morgan fingerprint density at radius 3 is 2.48 bits per heavy atom. The zero-order valence-corrected chi connectivity index (χ0v) is 17.6. The number of carbonyl (C=O) groups excluding carboxylic acids is 3. The van der Waals surface area contributed by atoms with Gasteiger partial charge in [-0.15, -0.1) is 0 Å². The molecule has 1 aromatic heterocycles. The van der Waals surface area contributed by atoms with Gasteiger partial charge in [-0.05, 0) is 52.2 Å². The first-order valence-corrected chi connectivity index (χ1v) is 9.75. The van der Waals surface area contributed by atoms with Crippen molar-refractivity contribution in [3.63, 3.8) is 0 Å². The second-order valence-corrected chi connectivity index (χ2v) is 7.94. The fourth-order valence-electron chi connectivity index (χ4n) is 4.12. The van der Waals surface area contributed by atoms with E-state index in [0.29, 0.717) is 40.5 Å². The minimum Gasteiger partial charge on any atom is -0.468 e. The fraction of sp³-hybridized carbons (Fsp3) is 0.500. The summed E-state index contributed by atoms with van der Waals surface area (Å²) >= 11 is 0. The standard InChI is InChI=1S/C22H27NO6/c1-10(2)28-22(26)17-13(5)23-14-9-11(3)16(21(25)27-6)20(24)18(14)19(17)15-8-7-12(4)29-15/h7-8,10-11,16,19,23H,9H2,1-6H3/t11-,16-,19+/m1/s1. The first-order chi connectivity index (χ1) is 13.6. The number of carbonyl (C=O) groups is 3. The van der Waals surface area contributed by atoms with Crippen molar-refractivity contribution in [2.24, 2.45) is 11.8 Å². The minimum absolute atomic E-state index is 0.225. The predicted octanol–water partition coefficient (Wildman–Crippen LogP) is 3.15. The molecule has 29 heavy (non-hydrogen) atoms. The first kappa shape index (κ1) is 20.9. The van der Waals surface area contributed by atoms with Crippen LogP contribution in [0.25, 0.3) is 0 Å². The maximum absolute atomic E-state index is 13.4. The average molecular weight is 401 g/mol. The smallest absolute Gasteiger partial charge is 0.337 e. The Bertz CT molecular complexity index is 919. The normalized spacial score (nSPS) is 24.4. The van der Waals surface area contributed by atoms with E-state index in [0.717, 1.165) is 0 Å². The number of methoxy groups -OCH3 is 1. The maximum atomic E-state index is 13.4. The third-order valence-electron chi connectivity index (χ3n) is 5.35. The van der Waals surface area contributed by atoms with Crippen molar-refractivity contribution in [1.29, 1.82) is 0 Å². The van der Waals surface area contributed by atoms with Crippen LogP contribution in [0.2, 0.25) is 0 Å². The van der Waals surface area contributed by atoms with Crippen LogP contribution in [0.15, 0.2) is 39.1 Å². The SMILES string of the molecule is COC(=O)[C@H]1C(=O)C2=C(C[C@H]1C)NC(C)=C(C(=O)OC(C)C)[C@@H]2c1ccc(C)o1. The van der Waals surface area contributed by atoms with Gasteiger partial charge < -0.3 is 19.2 Å². The summed E-state index contributed by atoms with van der Waals surface area (Å²) in [5.41, 5.74) is 2.01. The number of dihydropyridines is 1. The van der Waals surface area contributed by atoms with E-state index in [1.165, 1.54) is 7.11 Å². The van der Waals surface area contributed by atoms with Crippen molar-refractivity contribution in [3.05, 3.63) is 46.2 Å². The lowest BCUT2D eigenvalue weighted by molar-refractivity contribution is -0.151. The van der Waals surface area contributed by atoms with E-state index < -0.39 is 23.8 Å². The highest BCUT2D eigenvalue weighted by Crippen LogP contribution is 2.45. The Kier molecular flexibility index (Phi) is 5.68. The number of furan rings is 1. The molecular weight excluding hydrogens is 374 g/mol. The summed E-state index contributed by atoms with van der Waals surface area (Å²) in [5, 5.41) is 3.21. The highest BCUT2D eigenvalue weighted by atomic mass is 16.5. The lowest BCUT2D eigenvalue weighted by Gasteiger charge is -2.37. The lowest BCUT2D eigenvalue weighted by Crippen LogP contribution is -2.43. The van der Waals surface area contributed by atoms with E-state index >= 15 is 0 Å². The summed E-state index contributed by atoms with van der Waals surface area (Å²) in [6.07, 6.45) is 0.169. The molecule has 1 aliphatic carbocycles. The number of esters is 2. The molecule has 3 rings (SSSR count). The van der Waals surface area contributed by atoms with Crippen molar-refractivity contribution in [3.8, 4) is 0 Å². The van der Waals surface area contributed by atoms with Crippen LogP contribution < -0.4 is 5.32 Å². The Morgan fingerprint density at radius 2 is 1.93 bits per heavy atom. The van der Waals surface area contributed by atoms with Gasteiger partial charge in [0, 0.05) is 17.0 Å². The summed E-state index contributed by atoms with van der Waals surface area (Å²) in [4.78, 5) is 38.7. The third kappa shape index (κ3) is 3.73. The van der Waals surface area contributed by atoms with Gasteiger partial charge in [0.05, 0.1) is 24.7 Å². The van der Waals surface area contributed by atoms with Crippen LogP contribution in [0.3, 0.4) is 0 Å². The van der Waals surface area contributed by atoms with E-state index in [1.807, 2.05) is 6.92 Å². The van der Waals surface area contributed by atoms with Gasteiger partial charge in [-0.2, -0.15) is 0 Å². The number of hydrogen-bond acceptors (Lipinski definition) is 7. The predicted molar refractivity (Wildman–Crippen MR) is 105 cm³/mol. The molecule has 156 valence electrons. The number of rotatable bonds is 4. The molecule has 0 saturated heterocycles. The summed E-state index contributed by atoms with van der Waals surface area (Å²) in [7, 11) is 1.27. The number of Topliss-reactive ketones (excluding diaryl/α,β-unsaturated/α-hetero) is 1. The van der Waals surface area contributed by atoms with E-state index in [9.17, 15) is 14.4 Å². The lowest BCUT2D eigenvalue weighted by atomic mass is 9.70. The molecule has 0 saturated carbocycles. The molecule has 2 heterocycles. The van der Waals surface area contributed by atoms with Crippen LogP contribution in [-0.4, -0.2) is 30.9 Å². The van der Waals surface area contributed by atoms with Crippen molar-refractivity contribution >= 4 is 17.7 Å². The molecule has 7 nitrogen and oxygen atoms in total. The zero-order chi connectivity index (χ0) is 21.5. The van der Waals surface area contributed by atoms with Crippen LogP contribution in [0.5, 0.6) is 0 Å². The second kappa shape index (κ2) is 7.89. The van der Waals surface area contributed by atoms with E-state index in [-0.39, 0.29) is 17.8 Å². The number of aryl methyl sites for hydroxylation is 1. The van der Waals surface area contributed by atoms with Crippen LogP contribution in [0.1, 0.15) is 51.6 Å². The van der Waals surface area contributed by atoms with E-state index in [2.05, 4.69) is 5.32 Å². The monoisotopic (exact) mass is 401 g/mol. The molecule has 2 aliphatic rings. The summed E-state index contributed by atoms with van der Waals surface area (Å²) in [6, 6.07) is 3.54. The number of ether oxygens (including phenoxy) is 2. The Balaban J connectivity index is 2.15. The van der Waals surface area contributed by atoms with Crippen LogP contribution in [0, 0.1) is 18.8 Å². The summed E-state index contributed by atoms with van der Waals surface area (Å²) in [6.45, 7) is 8.96. The Hall–Kier alpha value is -2.83. The summed E-state index contributed by atoms with van der Waals surface area (Å²) < 4.78 is 16.2. The van der Waals surface area contributed by atoms with Crippen LogP contribution in [-0.2, 0) is 23.9 Å². The first-order valence-electron chi connectivity index (χ1n) is 9.75. The second-order valence-electron chi connectivity index (χ2n) is 7.94.